The number of aromatic nitrogens is 2. The van der Waals surface area contributed by atoms with Gasteiger partial charge in [-0.3, -0.25) is 9.59 Å². The number of nitrogens with zero attached hydrogens (tertiary/aromatic N) is 1. The molecular formula is C9H13N3O2. The molecule has 1 aromatic rings. The van der Waals surface area contributed by atoms with Gasteiger partial charge in [0.15, 0.2) is 0 Å². The first-order valence-corrected chi connectivity index (χ1v) is 4.43. The number of hydrogen-bond acceptors (Lipinski definition) is 3. The monoisotopic (exact) mass is 195 g/mol. The molecule has 1 rings (SSSR count). The molecule has 5 nitrogen and oxygen atoms in total. The second-order valence-electron chi connectivity index (χ2n) is 3.40. The molecular weight excluding hydrogens is 182 g/mol. The van der Waals surface area contributed by atoms with Crippen molar-refractivity contribution in [1.29, 1.82) is 0 Å². The highest BCUT2D eigenvalue weighted by atomic mass is 16.2. The first-order chi connectivity index (χ1) is 6.61. The molecule has 76 valence electrons. The van der Waals surface area contributed by atoms with E-state index >= 15 is 0 Å². The van der Waals surface area contributed by atoms with E-state index in [0.29, 0.717) is 12.5 Å². The fourth-order valence-electron chi connectivity index (χ4n) is 0.914. The smallest absolute Gasteiger partial charge is 0.277 e. The number of carbonyl (C=O) groups is 1. The minimum Gasteiger partial charge on any atom is -0.352 e. The van der Waals surface area contributed by atoms with E-state index in [0.717, 1.165) is 0 Å². The highest BCUT2D eigenvalue weighted by Gasteiger charge is 2.09. The zero-order valence-corrected chi connectivity index (χ0v) is 8.20. The van der Waals surface area contributed by atoms with Crippen molar-refractivity contribution < 1.29 is 4.79 Å². The summed E-state index contributed by atoms with van der Waals surface area (Å²) in [6.45, 7) is 4.52. The summed E-state index contributed by atoms with van der Waals surface area (Å²) in [6, 6.07) is 1.40. The van der Waals surface area contributed by atoms with Crippen LogP contribution in [-0.2, 0) is 0 Å². The molecule has 2 N–H and O–H groups in total. The van der Waals surface area contributed by atoms with Crippen LogP contribution in [0.3, 0.4) is 0 Å². The van der Waals surface area contributed by atoms with Crippen LogP contribution in [0.4, 0.5) is 0 Å². The van der Waals surface area contributed by atoms with Crippen LogP contribution in [0.1, 0.15) is 24.2 Å². The summed E-state index contributed by atoms with van der Waals surface area (Å²) in [5.41, 5.74) is -0.366. The maximum atomic E-state index is 11.4. The Morgan fingerprint density at radius 3 is 2.93 bits per heavy atom. The summed E-state index contributed by atoms with van der Waals surface area (Å²) >= 11 is 0. The minimum atomic E-state index is -0.464. The Hall–Kier alpha value is -1.65. The molecule has 0 aromatic carbocycles. The van der Waals surface area contributed by atoms with Gasteiger partial charge in [-0.2, -0.15) is 5.10 Å². The van der Waals surface area contributed by atoms with Crippen molar-refractivity contribution in [2.45, 2.75) is 13.8 Å². The van der Waals surface area contributed by atoms with Gasteiger partial charge in [0.2, 0.25) is 0 Å². The van der Waals surface area contributed by atoms with Gasteiger partial charge in [-0.05, 0) is 12.0 Å². The molecule has 0 aliphatic heterocycles. The molecule has 0 fully saturated rings. The van der Waals surface area contributed by atoms with Gasteiger partial charge in [0.05, 0.1) is 0 Å². The topological polar surface area (TPSA) is 74.8 Å². The van der Waals surface area contributed by atoms with Crippen molar-refractivity contribution in [1.82, 2.24) is 15.5 Å². The van der Waals surface area contributed by atoms with E-state index in [4.69, 9.17) is 0 Å². The second-order valence-corrected chi connectivity index (χ2v) is 3.40. The summed E-state index contributed by atoms with van der Waals surface area (Å²) in [5.74, 6) is 0.00205. The van der Waals surface area contributed by atoms with Crippen molar-refractivity contribution in [3.63, 3.8) is 0 Å². The molecule has 1 amide bonds. The van der Waals surface area contributed by atoms with Gasteiger partial charge in [-0.15, -0.1) is 0 Å². The maximum Gasteiger partial charge on any atom is 0.277 e. The summed E-state index contributed by atoms with van der Waals surface area (Å²) in [5, 5.41) is 8.36. The lowest BCUT2D eigenvalue weighted by molar-refractivity contribution is 0.0947. The normalized spacial score (nSPS) is 10.2. The van der Waals surface area contributed by atoms with Gasteiger partial charge in [0.1, 0.15) is 5.56 Å². The molecule has 0 saturated carbocycles. The van der Waals surface area contributed by atoms with Crippen LogP contribution < -0.4 is 10.9 Å². The standard InChI is InChI=1S/C9H13N3O2/c1-6(2)5-10-8(13)7-3-4-11-12-9(7)14/h3-4,6H,5H2,1-2H3,(H,10,13)(H,12,14). The quantitative estimate of drug-likeness (QED) is 0.721. The lowest BCUT2D eigenvalue weighted by atomic mass is 10.2. The van der Waals surface area contributed by atoms with E-state index in [1.54, 1.807) is 0 Å². The van der Waals surface area contributed by atoms with Gasteiger partial charge in [-0.1, -0.05) is 13.8 Å². The summed E-state index contributed by atoms with van der Waals surface area (Å²) in [7, 11) is 0. The molecule has 0 spiro atoms. The molecule has 5 heteroatoms. The van der Waals surface area contributed by atoms with Crippen molar-refractivity contribution in [3.05, 3.63) is 28.2 Å². The Labute approximate surface area is 81.5 Å². The van der Waals surface area contributed by atoms with Crippen LogP contribution in [0.25, 0.3) is 0 Å². The number of carbonyl (C=O) groups excluding carboxylic acids is 1. The SMILES string of the molecule is CC(C)CNC(=O)c1ccn[nH]c1=O. The largest absolute Gasteiger partial charge is 0.352 e. The van der Waals surface area contributed by atoms with Gasteiger partial charge in [0.25, 0.3) is 11.5 Å². The van der Waals surface area contributed by atoms with E-state index in [1.807, 2.05) is 13.8 Å². The minimum absolute atomic E-state index is 0.0978. The van der Waals surface area contributed by atoms with Crippen molar-refractivity contribution in [3.8, 4) is 0 Å². The van der Waals surface area contributed by atoms with Crippen LogP contribution in [0.5, 0.6) is 0 Å². The number of rotatable bonds is 3. The third-order valence-corrected chi connectivity index (χ3v) is 1.64. The van der Waals surface area contributed by atoms with Gasteiger partial charge < -0.3 is 5.32 Å². The van der Waals surface area contributed by atoms with E-state index in [1.165, 1.54) is 12.3 Å². The molecule has 0 saturated heterocycles. The summed E-state index contributed by atoms with van der Waals surface area (Å²) in [6.07, 6.45) is 1.38. The third-order valence-electron chi connectivity index (χ3n) is 1.64. The van der Waals surface area contributed by atoms with Crippen molar-refractivity contribution >= 4 is 5.91 Å². The molecule has 0 bridgehead atoms. The first kappa shape index (κ1) is 10.4. The van der Waals surface area contributed by atoms with Gasteiger partial charge in [-0.25, -0.2) is 5.10 Å². The van der Waals surface area contributed by atoms with E-state index < -0.39 is 5.56 Å². The molecule has 0 aliphatic rings. The Morgan fingerprint density at radius 1 is 1.64 bits per heavy atom. The second kappa shape index (κ2) is 4.55. The van der Waals surface area contributed by atoms with Crippen LogP contribution in [0.15, 0.2) is 17.1 Å². The zero-order valence-electron chi connectivity index (χ0n) is 8.20. The molecule has 0 aliphatic carbocycles. The van der Waals surface area contributed by atoms with Crippen LogP contribution in [0.2, 0.25) is 0 Å². The zero-order chi connectivity index (χ0) is 10.6. The molecule has 0 unspecified atom stereocenters. The van der Waals surface area contributed by atoms with E-state index in [9.17, 15) is 9.59 Å². The Kier molecular flexibility index (Phi) is 3.39. The van der Waals surface area contributed by atoms with Crippen LogP contribution >= 0.6 is 0 Å². The highest BCUT2D eigenvalue weighted by molar-refractivity contribution is 5.93. The fourth-order valence-corrected chi connectivity index (χ4v) is 0.914. The molecule has 1 heterocycles. The lowest BCUT2D eigenvalue weighted by Crippen LogP contribution is -2.32. The highest BCUT2D eigenvalue weighted by Crippen LogP contribution is 1.91. The predicted octanol–water partition coefficient (Wildman–Crippen LogP) is 0.156. The fraction of sp³-hybridized carbons (Fsp3) is 0.444. The van der Waals surface area contributed by atoms with Crippen molar-refractivity contribution in [2.24, 2.45) is 5.92 Å². The lowest BCUT2D eigenvalue weighted by Gasteiger charge is -2.06. The molecule has 1 aromatic heterocycles. The molecule has 14 heavy (non-hydrogen) atoms. The molecule has 0 atom stereocenters. The number of amides is 1. The number of nitrogens with one attached hydrogen (secondary N) is 2. The first-order valence-electron chi connectivity index (χ1n) is 4.43. The third kappa shape index (κ3) is 2.69. The average molecular weight is 195 g/mol. The average Bonchev–Trinajstić information content (AvgIpc) is 2.15. The van der Waals surface area contributed by atoms with Crippen LogP contribution in [0, 0.1) is 5.92 Å². The Morgan fingerprint density at radius 2 is 2.36 bits per heavy atom. The van der Waals surface area contributed by atoms with E-state index in [-0.39, 0.29) is 11.5 Å². The maximum absolute atomic E-state index is 11.4. The summed E-state index contributed by atoms with van der Waals surface area (Å²) in [4.78, 5) is 22.5. The summed E-state index contributed by atoms with van der Waals surface area (Å²) < 4.78 is 0. The number of hydrogen-bond donors (Lipinski definition) is 2. The Balaban J connectivity index is 2.71. The van der Waals surface area contributed by atoms with E-state index in [2.05, 4.69) is 15.5 Å². The number of H-pyrrole nitrogens is 1. The van der Waals surface area contributed by atoms with Gasteiger partial charge >= 0.3 is 0 Å². The Bertz CT molecular complexity index is 370. The van der Waals surface area contributed by atoms with Gasteiger partial charge in [0, 0.05) is 12.7 Å². The molecule has 0 radical (unpaired) electrons. The van der Waals surface area contributed by atoms with Crippen molar-refractivity contribution in [2.75, 3.05) is 6.54 Å². The predicted molar refractivity (Wildman–Crippen MR) is 52.0 cm³/mol. The number of aromatic amines is 1. The van der Waals surface area contributed by atoms with Crippen LogP contribution in [-0.4, -0.2) is 22.6 Å².